The Labute approximate surface area is 219 Å². The van der Waals surface area contributed by atoms with Crippen LogP contribution in [0, 0.1) is 5.82 Å². The van der Waals surface area contributed by atoms with Crippen molar-refractivity contribution < 1.29 is 23.5 Å². The molecule has 196 valence electrons. The Morgan fingerprint density at radius 3 is 2.63 bits per heavy atom. The molecule has 0 radical (unpaired) electrons. The minimum Gasteiger partial charge on any atom is -0.497 e. The Morgan fingerprint density at radius 1 is 1.13 bits per heavy atom. The topological polar surface area (TPSA) is 98.6 Å². The first-order chi connectivity index (χ1) is 18.5. The van der Waals surface area contributed by atoms with Gasteiger partial charge in [-0.2, -0.15) is 0 Å². The number of methoxy groups -OCH3 is 1. The summed E-state index contributed by atoms with van der Waals surface area (Å²) in [5, 5.41) is 11.1. The standard InChI is InChI=1S/C28H28FN5O4/c1-37-20-14-12-19(13-15-20)27(28(36)30-17-21-7-6-16-38-21)34(24-10-4-2-8-22(24)29)26(35)18-33-25-11-5-3-9-23(25)31-32-33/h2-5,8-15,21,27H,6-7,16-18H2,1H3,(H,30,36)/t21-,27+/m1/s1. The first kappa shape index (κ1) is 25.3. The number of amides is 2. The molecule has 1 fully saturated rings. The highest BCUT2D eigenvalue weighted by atomic mass is 19.1. The van der Waals surface area contributed by atoms with E-state index in [0.29, 0.717) is 35.5 Å². The van der Waals surface area contributed by atoms with Crippen molar-refractivity contribution in [2.24, 2.45) is 0 Å². The molecule has 3 aromatic carbocycles. The lowest BCUT2D eigenvalue weighted by Gasteiger charge is -2.32. The van der Waals surface area contributed by atoms with E-state index in [2.05, 4.69) is 15.6 Å². The summed E-state index contributed by atoms with van der Waals surface area (Å²) in [6, 6.07) is 18.8. The molecule has 9 nitrogen and oxygen atoms in total. The molecule has 0 unspecified atom stereocenters. The number of benzene rings is 3. The number of carbonyl (C=O) groups excluding carboxylic acids is 2. The van der Waals surface area contributed by atoms with Crippen molar-refractivity contribution in [2.45, 2.75) is 31.5 Å². The van der Waals surface area contributed by atoms with Gasteiger partial charge < -0.3 is 14.8 Å². The summed E-state index contributed by atoms with van der Waals surface area (Å²) in [5.41, 5.74) is 1.75. The Hall–Kier alpha value is -4.31. The van der Waals surface area contributed by atoms with Gasteiger partial charge in [0.05, 0.1) is 24.4 Å². The van der Waals surface area contributed by atoms with E-state index in [9.17, 15) is 9.59 Å². The van der Waals surface area contributed by atoms with E-state index in [4.69, 9.17) is 9.47 Å². The van der Waals surface area contributed by atoms with Crippen LogP contribution in [0.15, 0.2) is 72.8 Å². The van der Waals surface area contributed by atoms with Crippen molar-refractivity contribution >= 4 is 28.5 Å². The van der Waals surface area contributed by atoms with Gasteiger partial charge >= 0.3 is 0 Å². The third kappa shape index (κ3) is 5.35. The number of hydrogen-bond donors (Lipinski definition) is 1. The number of ether oxygens (including phenoxy) is 2. The summed E-state index contributed by atoms with van der Waals surface area (Å²) in [4.78, 5) is 28.9. The van der Waals surface area contributed by atoms with Gasteiger partial charge in [-0.05, 0) is 54.8 Å². The molecule has 2 amide bonds. The number of para-hydroxylation sites is 2. The van der Waals surface area contributed by atoms with Crippen LogP contribution in [0.2, 0.25) is 0 Å². The van der Waals surface area contributed by atoms with E-state index in [1.165, 1.54) is 27.8 Å². The normalized spacial score (nSPS) is 15.8. The second kappa shape index (κ2) is 11.4. The molecule has 0 aliphatic carbocycles. The van der Waals surface area contributed by atoms with Crippen molar-refractivity contribution in [2.75, 3.05) is 25.2 Å². The fraction of sp³-hybridized carbons (Fsp3) is 0.286. The molecule has 38 heavy (non-hydrogen) atoms. The van der Waals surface area contributed by atoms with Gasteiger partial charge in [-0.3, -0.25) is 14.5 Å². The molecule has 1 aliphatic rings. The number of nitrogens with one attached hydrogen (secondary N) is 1. The van der Waals surface area contributed by atoms with Gasteiger partial charge in [0.1, 0.15) is 29.7 Å². The number of carbonyl (C=O) groups is 2. The number of rotatable bonds is 9. The number of aromatic nitrogens is 3. The molecule has 0 spiro atoms. The second-order valence-electron chi connectivity index (χ2n) is 9.01. The predicted octanol–water partition coefficient (Wildman–Crippen LogP) is 3.65. The van der Waals surface area contributed by atoms with Gasteiger partial charge in [0.2, 0.25) is 11.8 Å². The molecular weight excluding hydrogens is 489 g/mol. The summed E-state index contributed by atoms with van der Waals surface area (Å²) in [5.74, 6) is -1.02. The first-order valence-corrected chi connectivity index (χ1v) is 12.4. The van der Waals surface area contributed by atoms with E-state index in [0.717, 1.165) is 12.8 Å². The van der Waals surface area contributed by atoms with Crippen LogP contribution in [0.4, 0.5) is 10.1 Å². The number of nitrogens with zero attached hydrogens (tertiary/aromatic N) is 4. The van der Waals surface area contributed by atoms with Gasteiger partial charge in [0.25, 0.3) is 0 Å². The summed E-state index contributed by atoms with van der Waals surface area (Å²) in [7, 11) is 1.54. The molecule has 10 heteroatoms. The number of anilines is 1. The molecule has 2 heterocycles. The molecule has 1 aromatic heterocycles. The van der Waals surface area contributed by atoms with Crippen LogP contribution in [-0.2, 0) is 20.9 Å². The summed E-state index contributed by atoms with van der Waals surface area (Å²) in [6.07, 6.45) is 1.66. The highest BCUT2D eigenvalue weighted by Gasteiger charge is 2.35. The van der Waals surface area contributed by atoms with Crippen molar-refractivity contribution in [1.82, 2.24) is 20.3 Å². The van der Waals surface area contributed by atoms with E-state index >= 15 is 4.39 Å². The number of fused-ring (bicyclic) bond motifs is 1. The Kier molecular flexibility index (Phi) is 7.60. The second-order valence-corrected chi connectivity index (χ2v) is 9.01. The molecule has 0 saturated carbocycles. The zero-order chi connectivity index (χ0) is 26.5. The molecule has 5 rings (SSSR count). The average molecular weight is 518 g/mol. The lowest BCUT2D eigenvalue weighted by atomic mass is 10.0. The van der Waals surface area contributed by atoms with Gasteiger partial charge in [0.15, 0.2) is 0 Å². The summed E-state index contributed by atoms with van der Waals surface area (Å²) in [6.45, 7) is 0.688. The van der Waals surface area contributed by atoms with Gasteiger partial charge in [0, 0.05) is 13.2 Å². The van der Waals surface area contributed by atoms with E-state index in [1.54, 1.807) is 49.6 Å². The van der Waals surface area contributed by atoms with Gasteiger partial charge in [-0.1, -0.05) is 41.6 Å². The third-order valence-corrected chi connectivity index (χ3v) is 6.55. The Bertz CT molecular complexity index is 1420. The third-order valence-electron chi connectivity index (χ3n) is 6.55. The zero-order valence-electron chi connectivity index (χ0n) is 20.9. The van der Waals surface area contributed by atoms with Gasteiger partial charge in [-0.15, -0.1) is 5.10 Å². The molecule has 1 aliphatic heterocycles. The minimum absolute atomic E-state index is 0.0185. The van der Waals surface area contributed by atoms with Crippen molar-refractivity contribution in [3.63, 3.8) is 0 Å². The zero-order valence-corrected chi connectivity index (χ0v) is 20.9. The maximum absolute atomic E-state index is 15.2. The lowest BCUT2D eigenvalue weighted by Crippen LogP contribution is -2.47. The van der Waals surface area contributed by atoms with Crippen LogP contribution in [0.1, 0.15) is 24.4 Å². The fourth-order valence-electron chi connectivity index (χ4n) is 4.62. The average Bonchev–Trinajstić information content (AvgIpc) is 3.61. The maximum atomic E-state index is 15.2. The number of hydrogen-bond acceptors (Lipinski definition) is 6. The van der Waals surface area contributed by atoms with Crippen LogP contribution >= 0.6 is 0 Å². The lowest BCUT2D eigenvalue weighted by molar-refractivity contribution is -0.127. The van der Waals surface area contributed by atoms with E-state index < -0.39 is 23.7 Å². The fourth-order valence-corrected chi connectivity index (χ4v) is 4.62. The van der Waals surface area contributed by atoms with Gasteiger partial charge in [-0.25, -0.2) is 9.07 Å². The molecule has 1 saturated heterocycles. The van der Waals surface area contributed by atoms with Crippen LogP contribution in [0.3, 0.4) is 0 Å². The Morgan fingerprint density at radius 2 is 1.89 bits per heavy atom. The monoisotopic (exact) mass is 517 g/mol. The summed E-state index contributed by atoms with van der Waals surface area (Å²) < 4.78 is 27.6. The van der Waals surface area contributed by atoms with E-state index in [-0.39, 0.29) is 18.3 Å². The van der Waals surface area contributed by atoms with Crippen LogP contribution in [-0.4, -0.2) is 53.2 Å². The van der Waals surface area contributed by atoms with Crippen LogP contribution < -0.4 is 15.0 Å². The van der Waals surface area contributed by atoms with Crippen molar-refractivity contribution in [1.29, 1.82) is 0 Å². The number of halogens is 1. The minimum atomic E-state index is -1.17. The largest absolute Gasteiger partial charge is 0.497 e. The first-order valence-electron chi connectivity index (χ1n) is 12.4. The van der Waals surface area contributed by atoms with Crippen molar-refractivity contribution in [3.8, 4) is 5.75 Å². The highest BCUT2D eigenvalue weighted by molar-refractivity contribution is 6.01. The van der Waals surface area contributed by atoms with Crippen LogP contribution in [0.25, 0.3) is 11.0 Å². The molecule has 2 atom stereocenters. The Balaban J connectivity index is 1.54. The maximum Gasteiger partial charge on any atom is 0.249 e. The quantitative estimate of drug-likeness (QED) is 0.364. The molecule has 1 N–H and O–H groups in total. The van der Waals surface area contributed by atoms with Crippen molar-refractivity contribution in [3.05, 3.63) is 84.2 Å². The molecule has 0 bridgehead atoms. The summed E-state index contributed by atoms with van der Waals surface area (Å²) >= 11 is 0. The highest BCUT2D eigenvalue weighted by Crippen LogP contribution is 2.31. The van der Waals surface area contributed by atoms with Crippen LogP contribution in [0.5, 0.6) is 5.75 Å². The van der Waals surface area contributed by atoms with E-state index in [1.807, 2.05) is 12.1 Å². The molecule has 4 aromatic rings. The smallest absolute Gasteiger partial charge is 0.249 e. The predicted molar refractivity (Wildman–Crippen MR) is 139 cm³/mol. The molecular formula is C28H28FN5O4. The SMILES string of the molecule is COc1ccc([C@@H](C(=O)NC[C@H]2CCCO2)N(C(=O)Cn2nnc3ccccc32)c2ccccc2F)cc1.